The van der Waals surface area contributed by atoms with Crippen LogP contribution in [0.25, 0.3) is 0 Å². The predicted octanol–water partition coefficient (Wildman–Crippen LogP) is 1.67. The Morgan fingerprint density at radius 3 is 2.60 bits per heavy atom. The molecule has 3 unspecified atom stereocenters. The van der Waals surface area contributed by atoms with Gasteiger partial charge in [0.05, 0.1) is 0 Å². The molecular formula is C12H24N2O. The van der Waals surface area contributed by atoms with Crippen molar-refractivity contribution in [1.82, 2.24) is 5.32 Å². The summed E-state index contributed by atoms with van der Waals surface area (Å²) in [7, 11) is 0. The fourth-order valence-corrected chi connectivity index (χ4v) is 2.28. The average Bonchev–Trinajstić information content (AvgIpc) is 2.50. The molecular weight excluding hydrogens is 188 g/mol. The highest BCUT2D eigenvalue weighted by atomic mass is 16.1. The first-order valence-electron chi connectivity index (χ1n) is 6.14. The lowest BCUT2D eigenvalue weighted by atomic mass is 9.98. The van der Waals surface area contributed by atoms with Crippen molar-refractivity contribution in [3.05, 3.63) is 0 Å². The molecule has 3 nitrogen and oxygen atoms in total. The van der Waals surface area contributed by atoms with Crippen LogP contribution in [-0.2, 0) is 4.79 Å². The van der Waals surface area contributed by atoms with Crippen LogP contribution in [0.5, 0.6) is 0 Å². The lowest BCUT2D eigenvalue weighted by Crippen LogP contribution is -2.37. The van der Waals surface area contributed by atoms with Crippen LogP contribution in [0.4, 0.5) is 0 Å². The van der Waals surface area contributed by atoms with Gasteiger partial charge in [0.15, 0.2) is 0 Å². The van der Waals surface area contributed by atoms with E-state index in [1.165, 1.54) is 6.42 Å². The standard InChI is InChI=1S/C12H24N2O/c1-9-6-7-11(10(9)2)14-12(15)5-3-4-8-13/h9-11H,3-8,13H2,1-2H3,(H,14,15). The summed E-state index contributed by atoms with van der Waals surface area (Å²) in [5.74, 6) is 1.58. The van der Waals surface area contributed by atoms with Gasteiger partial charge in [-0.15, -0.1) is 0 Å². The van der Waals surface area contributed by atoms with Crippen LogP contribution < -0.4 is 11.1 Å². The summed E-state index contributed by atoms with van der Waals surface area (Å²) in [5, 5.41) is 3.14. The third-order valence-electron chi connectivity index (χ3n) is 3.67. The van der Waals surface area contributed by atoms with E-state index in [2.05, 4.69) is 19.2 Å². The normalized spacial score (nSPS) is 30.5. The molecule has 0 aromatic rings. The van der Waals surface area contributed by atoms with Gasteiger partial charge in [-0.1, -0.05) is 13.8 Å². The first kappa shape index (κ1) is 12.5. The number of carbonyl (C=O) groups is 1. The van der Waals surface area contributed by atoms with Crippen LogP contribution >= 0.6 is 0 Å². The summed E-state index contributed by atoms with van der Waals surface area (Å²) in [6, 6.07) is 0.408. The van der Waals surface area contributed by atoms with Crippen molar-refractivity contribution in [3.8, 4) is 0 Å². The van der Waals surface area contributed by atoms with E-state index in [9.17, 15) is 4.79 Å². The van der Waals surface area contributed by atoms with Crippen molar-refractivity contribution >= 4 is 5.91 Å². The smallest absolute Gasteiger partial charge is 0.220 e. The number of rotatable bonds is 5. The molecule has 1 fully saturated rings. The van der Waals surface area contributed by atoms with Crippen LogP contribution in [-0.4, -0.2) is 18.5 Å². The molecule has 1 saturated carbocycles. The topological polar surface area (TPSA) is 55.1 Å². The molecule has 1 amide bonds. The molecule has 0 saturated heterocycles. The van der Waals surface area contributed by atoms with E-state index in [4.69, 9.17) is 5.73 Å². The first-order valence-corrected chi connectivity index (χ1v) is 6.14. The van der Waals surface area contributed by atoms with Crippen molar-refractivity contribution in [2.24, 2.45) is 17.6 Å². The Balaban J connectivity index is 2.20. The van der Waals surface area contributed by atoms with E-state index in [0.29, 0.717) is 24.9 Å². The molecule has 0 radical (unpaired) electrons. The van der Waals surface area contributed by atoms with Gasteiger partial charge in [-0.2, -0.15) is 0 Å². The highest BCUT2D eigenvalue weighted by Gasteiger charge is 2.30. The second-order valence-electron chi connectivity index (χ2n) is 4.83. The Kier molecular flexibility index (Phi) is 5.09. The molecule has 1 rings (SSSR count). The minimum absolute atomic E-state index is 0.203. The van der Waals surface area contributed by atoms with Crippen molar-refractivity contribution < 1.29 is 4.79 Å². The number of carbonyl (C=O) groups excluding carboxylic acids is 1. The maximum Gasteiger partial charge on any atom is 0.220 e. The first-order chi connectivity index (χ1) is 7.15. The zero-order chi connectivity index (χ0) is 11.3. The predicted molar refractivity (Wildman–Crippen MR) is 62.4 cm³/mol. The maximum absolute atomic E-state index is 11.6. The molecule has 0 aromatic heterocycles. The van der Waals surface area contributed by atoms with Gasteiger partial charge in [0, 0.05) is 12.5 Å². The molecule has 0 heterocycles. The second kappa shape index (κ2) is 6.11. The third-order valence-corrected chi connectivity index (χ3v) is 3.67. The van der Waals surface area contributed by atoms with E-state index in [1.54, 1.807) is 0 Å². The second-order valence-corrected chi connectivity index (χ2v) is 4.83. The fourth-order valence-electron chi connectivity index (χ4n) is 2.28. The number of hydrogen-bond donors (Lipinski definition) is 2. The molecule has 3 N–H and O–H groups in total. The summed E-state index contributed by atoms with van der Waals surface area (Å²) in [4.78, 5) is 11.6. The van der Waals surface area contributed by atoms with Gasteiger partial charge in [0.2, 0.25) is 5.91 Å². The van der Waals surface area contributed by atoms with Gasteiger partial charge in [0.1, 0.15) is 0 Å². The van der Waals surface area contributed by atoms with E-state index in [1.807, 2.05) is 0 Å². The van der Waals surface area contributed by atoms with Gasteiger partial charge in [-0.25, -0.2) is 0 Å². The molecule has 1 aliphatic carbocycles. The van der Waals surface area contributed by atoms with Crippen LogP contribution in [0.3, 0.4) is 0 Å². The molecule has 1 aliphatic rings. The Bertz CT molecular complexity index is 206. The Morgan fingerprint density at radius 1 is 1.33 bits per heavy atom. The highest BCUT2D eigenvalue weighted by Crippen LogP contribution is 2.31. The molecule has 88 valence electrons. The SMILES string of the molecule is CC1CCC(NC(=O)CCCCN)C1C. The lowest BCUT2D eigenvalue weighted by molar-refractivity contribution is -0.122. The third kappa shape index (κ3) is 3.82. The zero-order valence-electron chi connectivity index (χ0n) is 9.96. The average molecular weight is 212 g/mol. The van der Waals surface area contributed by atoms with E-state index >= 15 is 0 Å². The molecule has 3 atom stereocenters. The molecule has 3 heteroatoms. The lowest BCUT2D eigenvalue weighted by Gasteiger charge is -2.19. The highest BCUT2D eigenvalue weighted by molar-refractivity contribution is 5.76. The maximum atomic E-state index is 11.6. The van der Waals surface area contributed by atoms with Gasteiger partial charge >= 0.3 is 0 Å². The van der Waals surface area contributed by atoms with Gasteiger partial charge in [-0.3, -0.25) is 4.79 Å². The summed E-state index contributed by atoms with van der Waals surface area (Å²) in [6.45, 7) is 5.19. The quantitative estimate of drug-likeness (QED) is 0.681. The minimum Gasteiger partial charge on any atom is -0.353 e. The van der Waals surface area contributed by atoms with Gasteiger partial charge in [0.25, 0.3) is 0 Å². The van der Waals surface area contributed by atoms with Crippen LogP contribution in [0.15, 0.2) is 0 Å². The van der Waals surface area contributed by atoms with E-state index < -0.39 is 0 Å². The molecule has 0 bridgehead atoms. The van der Waals surface area contributed by atoms with Crippen molar-refractivity contribution in [2.75, 3.05) is 6.54 Å². The summed E-state index contributed by atoms with van der Waals surface area (Å²) >= 11 is 0. The van der Waals surface area contributed by atoms with Crippen LogP contribution in [0.1, 0.15) is 46.0 Å². The Morgan fingerprint density at radius 2 is 2.07 bits per heavy atom. The number of nitrogens with one attached hydrogen (secondary N) is 1. The molecule has 0 aliphatic heterocycles. The van der Waals surface area contributed by atoms with Crippen molar-refractivity contribution in [3.63, 3.8) is 0 Å². The van der Waals surface area contributed by atoms with Crippen LogP contribution in [0.2, 0.25) is 0 Å². The van der Waals surface area contributed by atoms with Gasteiger partial charge < -0.3 is 11.1 Å². The Hall–Kier alpha value is -0.570. The monoisotopic (exact) mass is 212 g/mol. The minimum atomic E-state index is 0.203. The number of amides is 1. The van der Waals surface area contributed by atoms with Crippen molar-refractivity contribution in [2.45, 2.75) is 52.0 Å². The number of unbranched alkanes of at least 4 members (excludes halogenated alkanes) is 1. The zero-order valence-corrected chi connectivity index (χ0v) is 9.96. The molecule has 0 aromatic carbocycles. The van der Waals surface area contributed by atoms with E-state index in [0.717, 1.165) is 25.2 Å². The van der Waals surface area contributed by atoms with E-state index in [-0.39, 0.29) is 5.91 Å². The largest absolute Gasteiger partial charge is 0.353 e. The summed E-state index contributed by atoms with van der Waals surface area (Å²) < 4.78 is 0. The summed E-state index contributed by atoms with van der Waals surface area (Å²) in [6.07, 6.45) is 4.89. The molecule has 0 spiro atoms. The van der Waals surface area contributed by atoms with Gasteiger partial charge in [-0.05, 0) is 44.1 Å². The Labute approximate surface area is 92.8 Å². The molecule has 15 heavy (non-hydrogen) atoms. The number of hydrogen-bond acceptors (Lipinski definition) is 2. The van der Waals surface area contributed by atoms with Crippen LogP contribution in [0, 0.1) is 11.8 Å². The fraction of sp³-hybridized carbons (Fsp3) is 0.917. The van der Waals surface area contributed by atoms with Crippen molar-refractivity contribution in [1.29, 1.82) is 0 Å². The summed E-state index contributed by atoms with van der Waals surface area (Å²) in [5.41, 5.74) is 5.39. The number of nitrogens with two attached hydrogens (primary N) is 1.